The molecule has 0 saturated heterocycles. The molecule has 0 rings (SSSR count). The SMILES string of the molecule is C=CCC(C)(C)OC(C)([O])C(C)C=C. The normalized spacial score (nSPS) is 18.4. The highest BCUT2D eigenvalue weighted by Crippen LogP contribution is 2.28. The van der Waals surface area contributed by atoms with E-state index in [0.717, 1.165) is 0 Å². The zero-order valence-corrected chi connectivity index (χ0v) is 9.67. The minimum atomic E-state index is -1.42. The highest BCUT2D eigenvalue weighted by molar-refractivity contribution is 4.88. The van der Waals surface area contributed by atoms with Crippen LogP contribution in [0.25, 0.3) is 0 Å². The van der Waals surface area contributed by atoms with Crippen molar-refractivity contribution >= 4 is 0 Å². The number of hydrogen-bond acceptors (Lipinski definition) is 1. The van der Waals surface area contributed by atoms with Gasteiger partial charge in [0, 0.05) is 5.92 Å². The van der Waals surface area contributed by atoms with Gasteiger partial charge in [-0.15, -0.1) is 13.2 Å². The van der Waals surface area contributed by atoms with Crippen molar-refractivity contribution < 1.29 is 9.84 Å². The molecule has 0 bridgehead atoms. The molecule has 2 atom stereocenters. The van der Waals surface area contributed by atoms with Gasteiger partial charge in [-0.3, -0.25) is 0 Å². The van der Waals surface area contributed by atoms with Crippen LogP contribution in [0.1, 0.15) is 34.1 Å². The Kier molecular flexibility index (Phi) is 4.56. The van der Waals surface area contributed by atoms with Gasteiger partial charge in [0.2, 0.25) is 5.79 Å². The van der Waals surface area contributed by atoms with Crippen LogP contribution in [-0.2, 0) is 9.84 Å². The molecule has 2 heteroatoms. The van der Waals surface area contributed by atoms with Gasteiger partial charge in [-0.05, 0) is 27.2 Å². The van der Waals surface area contributed by atoms with E-state index in [1.807, 2.05) is 20.8 Å². The van der Waals surface area contributed by atoms with Crippen molar-refractivity contribution in [1.82, 2.24) is 0 Å². The Morgan fingerprint density at radius 3 is 2.21 bits per heavy atom. The summed E-state index contributed by atoms with van der Waals surface area (Å²) in [5.41, 5.74) is -0.463. The molecule has 0 aliphatic rings. The second-order valence-electron chi connectivity index (χ2n) is 4.39. The molecule has 0 saturated carbocycles. The van der Waals surface area contributed by atoms with Crippen molar-refractivity contribution in [2.24, 2.45) is 5.92 Å². The molecule has 0 N–H and O–H groups in total. The largest absolute Gasteiger partial charge is 0.341 e. The van der Waals surface area contributed by atoms with Gasteiger partial charge < -0.3 is 4.74 Å². The van der Waals surface area contributed by atoms with E-state index < -0.39 is 11.4 Å². The summed E-state index contributed by atoms with van der Waals surface area (Å²) in [4.78, 5) is 0. The van der Waals surface area contributed by atoms with Gasteiger partial charge in [0.1, 0.15) is 0 Å². The lowest BCUT2D eigenvalue weighted by molar-refractivity contribution is -0.292. The molecule has 14 heavy (non-hydrogen) atoms. The Hall–Kier alpha value is -0.600. The molecule has 1 radical (unpaired) electrons. The van der Waals surface area contributed by atoms with Crippen molar-refractivity contribution in [1.29, 1.82) is 0 Å². The third kappa shape index (κ3) is 4.07. The van der Waals surface area contributed by atoms with E-state index in [0.29, 0.717) is 6.42 Å². The smallest absolute Gasteiger partial charge is 0.205 e. The Bertz CT molecular complexity index is 204. The summed E-state index contributed by atoms with van der Waals surface area (Å²) in [7, 11) is 0. The fourth-order valence-corrected chi connectivity index (χ4v) is 1.24. The second-order valence-corrected chi connectivity index (χ2v) is 4.39. The van der Waals surface area contributed by atoms with Crippen molar-refractivity contribution in [2.75, 3.05) is 0 Å². The minimum absolute atomic E-state index is 0.216. The van der Waals surface area contributed by atoms with Gasteiger partial charge in [0.05, 0.1) is 5.60 Å². The van der Waals surface area contributed by atoms with Gasteiger partial charge in [-0.25, -0.2) is 0 Å². The zero-order valence-electron chi connectivity index (χ0n) is 9.67. The van der Waals surface area contributed by atoms with Gasteiger partial charge in [-0.2, -0.15) is 5.11 Å². The molecule has 0 heterocycles. The van der Waals surface area contributed by atoms with E-state index in [2.05, 4.69) is 13.2 Å². The van der Waals surface area contributed by atoms with Crippen molar-refractivity contribution in [3.63, 3.8) is 0 Å². The summed E-state index contributed by atoms with van der Waals surface area (Å²) in [6.07, 6.45) is 4.04. The maximum Gasteiger partial charge on any atom is 0.205 e. The third-order valence-electron chi connectivity index (χ3n) is 2.30. The summed E-state index contributed by atoms with van der Waals surface area (Å²) in [6.45, 7) is 14.4. The van der Waals surface area contributed by atoms with Crippen LogP contribution in [0.15, 0.2) is 25.3 Å². The third-order valence-corrected chi connectivity index (χ3v) is 2.30. The molecule has 0 aliphatic carbocycles. The number of hydrogen-bond donors (Lipinski definition) is 0. The van der Waals surface area contributed by atoms with Gasteiger partial charge in [-0.1, -0.05) is 19.1 Å². The highest BCUT2D eigenvalue weighted by Gasteiger charge is 2.35. The molecule has 2 nitrogen and oxygen atoms in total. The standard InChI is InChI=1S/C12H21O2/c1-7-9-11(4,5)14-12(6,13)10(3)8-2/h7-8,10H,1-2,9H2,3-6H3. The summed E-state index contributed by atoms with van der Waals surface area (Å²) < 4.78 is 5.52. The van der Waals surface area contributed by atoms with E-state index in [1.165, 1.54) is 0 Å². The van der Waals surface area contributed by atoms with Gasteiger partial charge >= 0.3 is 0 Å². The molecule has 0 aromatic heterocycles. The fourth-order valence-electron chi connectivity index (χ4n) is 1.24. The quantitative estimate of drug-likeness (QED) is 0.474. The average Bonchev–Trinajstić information content (AvgIpc) is 2.00. The lowest BCUT2D eigenvalue weighted by Crippen LogP contribution is -2.42. The Labute approximate surface area is 87.3 Å². The van der Waals surface area contributed by atoms with Crippen LogP contribution in [0.2, 0.25) is 0 Å². The lowest BCUT2D eigenvalue weighted by atomic mass is 9.99. The molecular formula is C12H21O2. The maximum atomic E-state index is 12.0. The Morgan fingerprint density at radius 2 is 1.86 bits per heavy atom. The van der Waals surface area contributed by atoms with E-state index in [9.17, 15) is 5.11 Å². The minimum Gasteiger partial charge on any atom is -0.341 e. The van der Waals surface area contributed by atoms with E-state index in [-0.39, 0.29) is 5.92 Å². The fraction of sp³-hybridized carbons (Fsp3) is 0.667. The first-order valence-electron chi connectivity index (χ1n) is 4.89. The molecule has 0 aromatic carbocycles. The van der Waals surface area contributed by atoms with E-state index in [1.54, 1.807) is 19.1 Å². The average molecular weight is 197 g/mol. The van der Waals surface area contributed by atoms with Gasteiger partial charge in [0.15, 0.2) is 0 Å². The summed E-state index contributed by atoms with van der Waals surface area (Å²) in [6, 6.07) is 0. The Balaban J connectivity index is 4.47. The van der Waals surface area contributed by atoms with Crippen molar-refractivity contribution in [3.05, 3.63) is 25.3 Å². The first-order chi connectivity index (χ1) is 6.25. The van der Waals surface area contributed by atoms with Crippen LogP contribution < -0.4 is 0 Å². The molecule has 0 fully saturated rings. The zero-order chi connectivity index (χ0) is 11.4. The first-order valence-corrected chi connectivity index (χ1v) is 4.89. The van der Waals surface area contributed by atoms with Crippen LogP contribution in [0.3, 0.4) is 0 Å². The van der Waals surface area contributed by atoms with Crippen LogP contribution in [0, 0.1) is 5.92 Å². The second kappa shape index (κ2) is 4.76. The van der Waals surface area contributed by atoms with E-state index in [4.69, 9.17) is 4.74 Å². The molecule has 0 spiro atoms. The van der Waals surface area contributed by atoms with Crippen molar-refractivity contribution in [3.8, 4) is 0 Å². The molecule has 0 aliphatic heterocycles. The van der Waals surface area contributed by atoms with Crippen LogP contribution in [-0.4, -0.2) is 11.4 Å². The summed E-state index contributed by atoms with van der Waals surface area (Å²) in [5.74, 6) is -1.64. The Morgan fingerprint density at radius 1 is 1.36 bits per heavy atom. The predicted octanol–water partition coefficient (Wildman–Crippen LogP) is 3.33. The van der Waals surface area contributed by atoms with Crippen LogP contribution >= 0.6 is 0 Å². The number of ether oxygens (including phenoxy) is 1. The molecular weight excluding hydrogens is 176 g/mol. The van der Waals surface area contributed by atoms with Crippen LogP contribution in [0.4, 0.5) is 0 Å². The molecule has 0 amide bonds. The molecule has 2 unspecified atom stereocenters. The maximum absolute atomic E-state index is 12.0. The molecule has 0 aromatic rings. The van der Waals surface area contributed by atoms with E-state index >= 15 is 0 Å². The monoisotopic (exact) mass is 197 g/mol. The summed E-state index contributed by atoms with van der Waals surface area (Å²) >= 11 is 0. The number of rotatable bonds is 6. The predicted molar refractivity (Wildman–Crippen MR) is 58.4 cm³/mol. The highest BCUT2D eigenvalue weighted by atomic mass is 16.6. The first kappa shape index (κ1) is 13.4. The van der Waals surface area contributed by atoms with Crippen molar-refractivity contribution in [2.45, 2.75) is 45.5 Å². The molecule has 81 valence electrons. The topological polar surface area (TPSA) is 29.1 Å². The summed E-state index contributed by atoms with van der Waals surface area (Å²) in [5, 5.41) is 12.0. The lowest BCUT2D eigenvalue weighted by Gasteiger charge is -2.35. The van der Waals surface area contributed by atoms with Gasteiger partial charge in [0.25, 0.3) is 0 Å². The van der Waals surface area contributed by atoms with Crippen LogP contribution in [0.5, 0.6) is 0 Å².